The normalized spacial score (nSPS) is 12.5. The molecular formula is C26H19N5O3. The van der Waals surface area contributed by atoms with Gasteiger partial charge in [-0.1, -0.05) is 36.4 Å². The van der Waals surface area contributed by atoms with Crippen LogP contribution in [0.15, 0.2) is 79.0 Å². The number of pyridine rings is 1. The first-order valence-electron chi connectivity index (χ1n) is 10.6. The first-order chi connectivity index (χ1) is 16.6. The third kappa shape index (κ3) is 3.49. The average molecular weight is 449 g/mol. The molecule has 0 spiro atoms. The number of Topliss-reactive ketones (excluding diaryl/α,β-unsaturated/α-hetero) is 1. The highest BCUT2D eigenvalue weighted by Gasteiger charge is 2.37. The molecule has 8 heteroatoms. The van der Waals surface area contributed by atoms with E-state index >= 15 is 0 Å². The van der Waals surface area contributed by atoms with Gasteiger partial charge in [0.2, 0.25) is 5.78 Å². The topological polar surface area (TPSA) is 101 Å². The van der Waals surface area contributed by atoms with Crippen molar-refractivity contribution in [3.8, 4) is 28.8 Å². The molecule has 1 aliphatic rings. The number of para-hydroxylation sites is 2. The van der Waals surface area contributed by atoms with Crippen LogP contribution in [0.1, 0.15) is 16.1 Å². The summed E-state index contributed by atoms with van der Waals surface area (Å²) in [4.78, 5) is 32.0. The molecule has 2 aromatic heterocycles. The number of carbonyl (C=O) groups excluding carboxylic acids is 2. The molecule has 0 bridgehead atoms. The van der Waals surface area contributed by atoms with Gasteiger partial charge in [-0.05, 0) is 36.4 Å². The predicted octanol–water partition coefficient (Wildman–Crippen LogP) is 3.81. The van der Waals surface area contributed by atoms with Crippen LogP contribution in [0.25, 0.3) is 16.9 Å². The van der Waals surface area contributed by atoms with Crippen LogP contribution in [0.4, 0.5) is 5.82 Å². The van der Waals surface area contributed by atoms with Crippen molar-refractivity contribution in [1.82, 2.24) is 14.8 Å². The Balaban J connectivity index is 1.61. The fourth-order valence-corrected chi connectivity index (χ4v) is 3.98. The number of ether oxygens (including phenoxy) is 1. The highest BCUT2D eigenvalue weighted by molar-refractivity contribution is 6.16. The Bertz CT molecular complexity index is 1420. The van der Waals surface area contributed by atoms with Crippen LogP contribution in [0.2, 0.25) is 0 Å². The van der Waals surface area contributed by atoms with Crippen LogP contribution in [-0.2, 0) is 11.4 Å². The summed E-state index contributed by atoms with van der Waals surface area (Å²) in [5.41, 5.74) is 2.83. The standard InChI is InChI=1S/C26H19N5O3/c1-30(22-13-7-8-14-28-22)26(33)19(15-27)25(32)23-20-16-34-21-12-6-5-11-18(21)24(20)31(29-23)17-9-3-2-4-10-17/h2-14,19H,16H2,1H3. The Morgan fingerprint density at radius 3 is 2.53 bits per heavy atom. The van der Waals surface area contributed by atoms with E-state index in [1.165, 1.54) is 18.1 Å². The molecular weight excluding hydrogens is 430 g/mol. The van der Waals surface area contributed by atoms with Gasteiger partial charge in [0.15, 0.2) is 5.92 Å². The number of rotatable bonds is 5. The second-order valence-electron chi connectivity index (χ2n) is 7.72. The van der Waals surface area contributed by atoms with Gasteiger partial charge in [0.25, 0.3) is 5.91 Å². The molecule has 0 saturated heterocycles. The number of fused-ring (bicyclic) bond motifs is 3. The van der Waals surface area contributed by atoms with Crippen molar-refractivity contribution in [2.45, 2.75) is 6.61 Å². The fraction of sp³-hybridized carbons (Fsp3) is 0.115. The van der Waals surface area contributed by atoms with E-state index in [0.717, 1.165) is 11.3 Å². The van der Waals surface area contributed by atoms with Crippen LogP contribution in [0.5, 0.6) is 5.75 Å². The van der Waals surface area contributed by atoms with Crippen molar-refractivity contribution < 1.29 is 14.3 Å². The van der Waals surface area contributed by atoms with Crippen molar-refractivity contribution in [3.63, 3.8) is 0 Å². The molecule has 0 fully saturated rings. The first kappa shape index (κ1) is 21.1. The SMILES string of the molecule is CN(C(=O)C(C#N)C(=O)c1nn(-c2ccccc2)c2c1COc1ccccc1-2)c1ccccn1. The number of hydrogen-bond donors (Lipinski definition) is 0. The molecule has 0 saturated carbocycles. The molecule has 0 radical (unpaired) electrons. The third-order valence-electron chi connectivity index (χ3n) is 5.69. The maximum absolute atomic E-state index is 13.6. The van der Waals surface area contributed by atoms with Crippen LogP contribution in [0, 0.1) is 17.2 Å². The number of amides is 1. The lowest BCUT2D eigenvalue weighted by molar-refractivity contribution is -0.119. The predicted molar refractivity (Wildman–Crippen MR) is 124 cm³/mol. The first-order valence-corrected chi connectivity index (χ1v) is 10.6. The highest BCUT2D eigenvalue weighted by Crippen LogP contribution is 2.40. The monoisotopic (exact) mass is 449 g/mol. The Hall–Kier alpha value is -4.77. The summed E-state index contributed by atoms with van der Waals surface area (Å²) < 4.78 is 7.56. The van der Waals surface area contributed by atoms with Crippen molar-refractivity contribution in [3.05, 3.63) is 90.3 Å². The van der Waals surface area contributed by atoms with E-state index in [1.807, 2.05) is 60.7 Å². The van der Waals surface area contributed by atoms with E-state index in [2.05, 4.69) is 10.1 Å². The minimum absolute atomic E-state index is 0.0441. The lowest BCUT2D eigenvalue weighted by atomic mass is 9.95. The third-order valence-corrected chi connectivity index (χ3v) is 5.69. The summed E-state index contributed by atoms with van der Waals surface area (Å²) >= 11 is 0. The van der Waals surface area contributed by atoms with Crippen LogP contribution in [0.3, 0.4) is 0 Å². The number of aromatic nitrogens is 3. The smallest absolute Gasteiger partial charge is 0.253 e. The summed E-state index contributed by atoms with van der Waals surface area (Å²) in [5, 5.41) is 14.4. The van der Waals surface area contributed by atoms with Crippen molar-refractivity contribution in [2.24, 2.45) is 5.92 Å². The summed E-state index contributed by atoms with van der Waals surface area (Å²) in [6.45, 7) is 0.0999. The number of nitrogens with zero attached hydrogens (tertiary/aromatic N) is 5. The molecule has 1 amide bonds. The maximum atomic E-state index is 13.6. The van der Waals surface area contributed by atoms with Crippen molar-refractivity contribution >= 4 is 17.5 Å². The minimum Gasteiger partial charge on any atom is -0.488 e. The number of anilines is 1. The molecule has 0 N–H and O–H groups in total. The Morgan fingerprint density at radius 1 is 1.06 bits per heavy atom. The van der Waals surface area contributed by atoms with Gasteiger partial charge < -0.3 is 4.74 Å². The number of hydrogen-bond acceptors (Lipinski definition) is 6. The summed E-state index contributed by atoms with van der Waals surface area (Å²) in [7, 11) is 1.49. The zero-order chi connectivity index (χ0) is 23.7. The molecule has 8 nitrogen and oxygen atoms in total. The van der Waals surface area contributed by atoms with Crippen molar-refractivity contribution in [2.75, 3.05) is 11.9 Å². The van der Waals surface area contributed by atoms with Gasteiger partial charge in [0.05, 0.1) is 17.5 Å². The van der Waals surface area contributed by atoms with E-state index in [4.69, 9.17) is 4.74 Å². The van der Waals surface area contributed by atoms with Gasteiger partial charge in [-0.2, -0.15) is 10.4 Å². The number of ketones is 1. The highest BCUT2D eigenvalue weighted by atomic mass is 16.5. The summed E-state index contributed by atoms with van der Waals surface area (Å²) in [6, 6.07) is 23.8. The molecule has 5 rings (SSSR count). The summed E-state index contributed by atoms with van der Waals surface area (Å²) in [6.07, 6.45) is 1.54. The molecule has 2 aromatic carbocycles. The van der Waals surface area contributed by atoms with Crippen molar-refractivity contribution in [1.29, 1.82) is 5.26 Å². The van der Waals surface area contributed by atoms with E-state index in [1.54, 1.807) is 22.9 Å². The molecule has 4 aromatic rings. The van der Waals surface area contributed by atoms with Gasteiger partial charge in [0, 0.05) is 24.4 Å². The maximum Gasteiger partial charge on any atom is 0.253 e. The molecule has 1 aliphatic heterocycles. The fourth-order valence-electron chi connectivity index (χ4n) is 3.98. The zero-order valence-corrected chi connectivity index (χ0v) is 18.3. The minimum atomic E-state index is -1.58. The van der Waals surface area contributed by atoms with E-state index in [-0.39, 0.29) is 12.3 Å². The number of benzene rings is 2. The molecule has 1 unspecified atom stereocenters. The molecule has 34 heavy (non-hydrogen) atoms. The number of nitriles is 1. The molecule has 1 atom stereocenters. The van der Waals surface area contributed by atoms with E-state index in [0.29, 0.717) is 22.8 Å². The molecule has 166 valence electrons. The zero-order valence-electron chi connectivity index (χ0n) is 18.3. The van der Waals surface area contributed by atoms with Gasteiger partial charge in [-0.3, -0.25) is 14.5 Å². The van der Waals surface area contributed by atoms with E-state index in [9.17, 15) is 14.9 Å². The second kappa shape index (κ2) is 8.64. The van der Waals surface area contributed by atoms with E-state index < -0.39 is 17.6 Å². The van der Waals surface area contributed by atoms with Crippen LogP contribution in [-0.4, -0.2) is 33.5 Å². The van der Waals surface area contributed by atoms with Crippen LogP contribution < -0.4 is 9.64 Å². The Labute approximate surface area is 195 Å². The Morgan fingerprint density at radius 2 is 1.79 bits per heavy atom. The van der Waals surface area contributed by atoms with Gasteiger partial charge in [-0.15, -0.1) is 0 Å². The van der Waals surface area contributed by atoms with Gasteiger partial charge in [0.1, 0.15) is 23.9 Å². The van der Waals surface area contributed by atoms with Crippen LogP contribution >= 0.6 is 0 Å². The molecule has 3 heterocycles. The number of carbonyl (C=O) groups is 2. The van der Waals surface area contributed by atoms with Gasteiger partial charge >= 0.3 is 0 Å². The summed E-state index contributed by atoms with van der Waals surface area (Å²) in [5.74, 6) is -1.91. The second-order valence-corrected chi connectivity index (χ2v) is 7.72. The average Bonchev–Trinajstić information content (AvgIpc) is 3.30. The van der Waals surface area contributed by atoms with Gasteiger partial charge in [-0.25, -0.2) is 9.67 Å². The Kier molecular flexibility index (Phi) is 5.36. The largest absolute Gasteiger partial charge is 0.488 e. The molecule has 0 aliphatic carbocycles. The lowest BCUT2D eigenvalue weighted by Crippen LogP contribution is -2.37. The quantitative estimate of drug-likeness (QED) is 0.339. The lowest BCUT2D eigenvalue weighted by Gasteiger charge is -2.20.